The monoisotopic (exact) mass is 570 g/mol. The Balaban J connectivity index is 1.27. The molecule has 4 aromatic rings. The largest absolute Gasteiger partial charge is 0.507 e. The zero-order chi connectivity index (χ0) is 29.9. The van der Waals surface area contributed by atoms with Gasteiger partial charge >= 0.3 is 5.97 Å². The van der Waals surface area contributed by atoms with Crippen LogP contribution < -0.4 is 14.2 Å². The summed E-state index contributed by atoms with van der Waals surface area (Å²) in [6, 6.07) is 22.1. The van der Waals surface area contributed by atoms with E-state index in [0.29, 0.717) is 47.8 Å². The van der Waals surface area contributed by atoms with Gasteiger partial charge in [0.25, 0.3) is 0 Å². The van der Waals surface area contributed by atoms with Gasteiger partial charge in [0.1, 0.15) is 23.7 Å². The highest BCUT2D eigenvalue weighted by Gasteiger charge is 2.19. The van der Waals surface area contributed by atoms with Crippen LogP contribution in [0.1, 0.15) is 70.9 Å². The molecule has 4 rings (SSSR count). The highest BCUT2D eigenvalue weighted by molar-refractivity contribution is 6.00. The standard InChI is InChI=1S/C35H38O7/c1-4-11-28-31(18-17-29(34(28)37)35(38)42-23-24-12-7-5-8-13-24)41-19-10-6-9-14-30(36)26-16-15-25-21-32(39-2)33(40-3)22-27(25)20-26/h5,7-8,12-13,15-18,20-22,37H,4,6,9-11,14,19,23H2,1-3H3. The smallest absolute Gasteiger partial charge is 0.342 e. The summed E-state index contributed by atoms with van der Waals surface area (Å²) in [4.78, 5) is 25.5. The first-order valence-corrected chi connectivity index (χ1v) is 14.3. The van der Waals surface area contributed by atoms with E-state index in [2.05, 4.69) is 0 Å². The van der Waals surface area contributed by atoms with Gasteiger partial charge in [-0.05, 0) is 72.4 Å². The molecule has 0 amide bonds. The first-order chi connectivity index (χ1) is 20.4. The molecule has 7 nitrogen and oxygen atoms in total. The minimum atomic E-state index is -0.574. The van der Waals surface area contributed by atoms with Crippen molar-refractivity contribution in [2.24, 2.45) is 0 Å². The zero-order valence-electron chi connectivity index (χ0n) is 24.5. The predicted octanol–water partition coefficient (Wildman–Crippen LogP) is 7.69. The van der Waals surface area contributed by atoms with E-state index in [0.717, 1.165) is 42.0 Å². The summed E-state index contributed by atoms with van der Waals surface area (Å²) in [6.07, 6.45) is 4.12. The summed E-state index contributed by atoms with van der Waals surface area (Å²) in [5.41, 5.74) is 2.28. The fraction of sp³-hybridized carbons (Fsp3) is 0.314. The number of methoxy groups -OCH3 is 2. The minimum Gasteiger partial charge on any atom is -0.507 e. The molecule has 1 N–H and O–H groups in total. The number of phenols is 1. The molecule has 42 heavy (non-hydrogen) atoms. The minimum absolute atomic E-state index is 0.0931. The van der Waals surface area contributed by atoms with E-state index in [4.69, 9.17) is 18.9 Å². The van der Waals surface area contributed by atoms with Crippen LogP contribution in [0.25, 0.3) is 10.8 Å². The molecule has 0 unspecified atom stereocenters. The molecule has 0 heterocycles. The Morgan fingerprint density at radius 3 is 2.24 bits per heavy atom. The van der Waals surface area contributed by atoms with Gasteiger partial charge in [-0.1, -0.05) is 55.8 Å². The summed E-state index contributed by atoms with van der Waals surface area (Å²) < 4.78 is 22.2. The molecule has 220 valence electrons. The first-order valence-electron chi connectivity index (χ1n) is 14.3. The maximum atomic E-state index is 12.8. The van der Waals surface area contributed by atoms with E-state index >= 15 is 0 Å². The molecule has 0 spiro atoms. The molecular formula is C35H38O7. The number of hydrogen-bond acceptors (Lipinski definition) is 7. The molecule has 0 aromatic heterocycles. The van der Waals surface area contributed by atoms with Crippen molar-refractivity contribution in [1.29, 1.82) is 0 Å². The van der Waals surface area contributed by atoms with Crippen molar-refractivity contribution < 1.29 is 33.6 Å². The SMILES string of the molecule is CCCc1c(OCCCCCC(=O)c2ccc3cc(OC)c(OC)cc3c2)ccc(C(=O)OCc2ccccc2)c1O. The fourth-order valence-electron chi connectivity index (χ4n) is 4.85. The fourth-order valence-corrected chi connectivity index (χ4v) is 4.85. The second-order valence-electron chi connectivity index (χ2n) is 10.1. The zero-order valence-corrected chi connectivity index (χ0v) is 24.5. The topological polar surface area (TPSA) is 91.3 Å². The van der Waals surface area contributed by atoms with Crippen molar-refractivity contribution in [3.63, 3.8) is 0 Å². The number of carbonyl (C=O) groups excluding carboxylic acids is 2. The lowest BCUT2D eigenvalue weighted by molar-refractivity contribution is 0.0469. The van der Waals surface area contributed by atoms with Crippen LogP contribution >= 0.6 is 0 Å². The van der Waals surface area contributed by atoms with Crippen molar-refractivity contribution in [2.45, 2.75) is 52.1 Å². The molecule has 0 radical (unpaired) electrons. The molecule has 0 atom stereocenters. The van der Waals surface area contributed by atoms with Crippen LogP contribution in [0.4, 0.5) is 0 Å². The Morgan fingerprint density at radius 1 is 0.786 bits per heavy atom. The highest BCUT2D eigenvalue weighted by Crippen LogP contribution is 2.34. The van der Waals surface area contributed by atoms with E-state index in [-0.39, 0.29) is 23.7 Å². The van der Waals surface area contributed by atoms with Crippen LogP contribution in [0.3, 0.4) is 0 Å². The quantitative estimate of drug-likeness (QED) is 0.0890. The number of ketones is 1. The highest BCUT2D eigenvalue weighted by atomic mass is 16.5. The van der Waals surface area contributed by atoms with Gasteiger partial charge in [-0.2, -0.15) is 0 Å². The number of rotatable bonds is 15. The van der Waals surface area contributed by atoms with Gasteiger partial charge < -0.3 is 24.1 Å². The number of benzene rings is 4. The average molecular weight is 571 g/mol. The summed E-state index contributed by atoms with van der Waals surface area (Å²) in [7, 11) is 3.19. The van der Waals surface area contributed by atoms with Crippen LogP contribution in [0.15, 0.2) is 72.8 Å². The van der Waals surface area contributed by atoms with Gasteiger partial charge in [0.05, 0.1) is 20.8 Å². The lowest BCUT2D eigenvalue weighted by Gasteiger charge is -2.15. The van der Waals surface area contributed by atoms with E-state index in [1.807, 2.05) is 67.6 Å². The van der Waals surface area contributed by atoms with Crippen molar-refractivity contribution >= 4 is 22.5 Å². The van der Waals surface area contributed by atoms with Crippen molar-refractivity contribution in [1.82, 2.24) is 0 Å². The van der Waals surface area contributed by atoms with Gasteiger partial charge in [0.2, 0.25) is 0 Å². The van der Waals surface area contributed by atoms with E-state index in [9.17, 15) is 14.7 Å². The van der Waals surface area contributed by atoms with Gasteiger partial charge in [-0.15, -0.1) is 0 Å². The van der Waals surface area contributed by atoms with Crippen LogP contribution in [0.5, 0.6) is 23.0 Å². The molecule has 0 aliphatic rings. The molecule has 0 aliphatic heterocycles. The molecule has 4 aromatic carbocycles. The molecule has 0 fully saturated rings. The van der Waals surface area contributed by atoms with E-state index < -0.39 is 5.97 Å². The molecule has 0 bridgehead atoms. The van der Waals surface area contributed by atoms with Crippen LogP contribution in [0, 0.1) is 0 Å². The summed E-state index contributed by atoms with van der Waals surface area (Å²) >= 11 is 0. The van der Waals surface area contributed by atoms with Crippen molar-refractivity contribution in [3.05, 3.63) is 95.1 Å². The number of unbranched alkanes of at least 4 members (excludes halogenated alkanes) is 2. The van der Waals surface area contributed by atoms with Crippen LogP contribution in [-0.4, -0.2) is 37.7 Å². The Morgan fingerprint density at radius 2 is 1.52 bits per heavy atom. The number of ether oxygens (including phenoxy) is 4. The maximum Gasteiger partial charge on any atom is 0.342 e. The number of hydrogen-bond donors (Lipinski definition) is 1. The third-order valence-corrected chi connectivity index (χ3v) is 7.14. The van der Waals surface area contributed by atoms with Gasteiger partial charge in [-0.3, -0.25) is 4.79 Å². The average Bonchev–Trinajstić information content (AvgIpc) is 3.02. The predicted molar refractivity (Wildman–Crippen MR) is 163 cm³/mol. The van der Waals surface area contributed by atoms with Crippen molar-refractivity contribution in [3.8, 4) is 23.0 Å². The van der Waals surface area contributed by atoms with Crippen LogP contribution in [-0.2, 0) is 17.8 Å². The number of Topliss-reactive ketones (excluding diaryl/α,β-unsaturated/α-hetero) is 1. The summed E-state index contributed by atoms with van der Waals surface area (Å²) in [5.74, 6) is 1.27. The Labute approximate surface area is 247 Å². The third kappa shape index (κ3) is 7.60. The lowest BCUT2D eigenvalue weighted by atomic mass is 10.0. The van der Waals surface area contributed by atoms with Gasteiger partial charge in [0.15, 0.2) is 17.3 Å². The third-order valence-electron chi connectivity index (χ3n) is 7.14. The summed E-state index contributed by atoms with van der Waals surface area (Å²) in [5, 5.41) is 12.8. The second kappa shape index (κ2) is 14.9. The number of esters is 1. The Hall–Kier alpha value is -4.52. The van der Waals surface area contributed by atoms with Crippen LogP contribution in [0.2, 0.25) is 0 Å². The molecule has 0 aliphatic carbocycles. The van der Waals surface area contributed by atoms with Crippen molar-refractivity contribution in [2.75, 3.05) is 20.8 Å². The number of fused-ring (bicyclic) bond motifs is 1. The van der Waals surface area contributed by atoms with E-state index in [1.165, 1.54) is 0 Å². The molecule has 7 heteroatoms. The van der Waals surface area contributed by atoms with E-state index in [1.54, 1.807) is 26.4 Å². The van der Waals surface area contributed by atoms with Gasteiger partial charge in [0, 0.05) is 17.5 Å². The molecular weight excluding hydrogens is 532 g/mol. The Bertz CT molecular complexity index is 1510. The number of aromatic hydroxyl groups is 1. The molecule has 0 saturated heterocycles. The number of carbonyl (C=O) groups is 2. The van der Waals surface area contributed by atoms with Gasteiger partial charge in [-0.25, -0.2) is 4.79 Å². The second-order valence-corrected chi connectivity index (χ2v) is 10.1. The Kier molecular flexibility index (Phi) is 10.8. The summed E-state index contributed by atoms with van der Waals surface area (Å²) in [6.45, 7) is 2.58. The first kappa shape index (κ1) is 30.4. The lowest BCUT2D eigenvalue weighted by Crippen LogP contribution is -2.08. The number of phenolic OH excluding ortho intramolecular Hbond substituents is 1. The maximum absolute atomic E-state index is 12.8. The normalized spacial score (nSPS) is 10.8. The molecule has 0 saturated carbocycles.